The Morgan fingerprint density at radius 3 is 2.46 bits per heavy atom. The first-order valence-corrected chi connectivity index (χ1v) is 11.7. The van der Waals surface area contributed by atoms with E-state index in [2.05, 4.69) is 0 Å². The number of methoxy groups -OCH3 is 1. The SMILES string of the molecule is CCCCC(=O)N(CCOC)CC(=O)N(Cc1ccc(F)cc1)Cc1coc2ccccc2c1=O. The first-order chi connectivity index (χ1) is 16.9. The van der Waals surface area contributed by atoms with Crippen LogP contribution in [0.25, 0.3) is 11.0 Å². The van der Waals surface area contributed by atoms with E-state index in [0.29, 0.717) is 35.1 Å². The van der Waals surface area contributed by atoms with Gasteiger partial charge in [-0.2, -0.15) is 0 Å². The van der Waals surface area contributed by atoms with E-state index in [1.165, 1.54) is 35.3 Å². The summed E-state index contributed by atoms with van der Waals surface area (Å²) in [6.07, 6.45) is 3.31. The van der Waals surface area contributed by atoms with Gasteiger partial charge >= 0.3 is 0 Å². The Balaban J connectivity index is 1.87. The molecule has 1 heterocycles. The van der Waals surface area contributed by atoms with E-state index < -0.39 is 0 Å². The van der Waals surface area contributed by atoms with Crippen LogP contribution in [0, 0.1) is 5.82 Å². The quantitative estimate of drug-likeness (QED) is 0.388. The molecular weight excluding hydrogens is 451 g/mol. The van der Waals surface area contributed by atoms with Gasteiger partial charge in [-0.25, -0.2) is 4.39 Å². The van der Waals surface area contributed by atoms with Gasteiger partial charge in [0.1, 0.15) is 11.4 Å². The zero-order chi connectivity index (χ0) is 25.2. The number of hydrogen-bond acceptors (Lipinski definition) is 5. The van der Waals surface area contributed by atoms with Crippen molar-refractivity contribution in [1.82, 2.24) is 9.80 Å². The predicted octanol–water partition coefficient (Wildman–Crippen LogP) is 4.13. The number of benzene rings is 2. The summed E-state index contributed by atoms with van der Waals surface area (Å²) in [6, 6.07) is 12.7. The maximum atomic E-state index is 13.4. The molecule has 0 N–H and O–H groups in total. The van der Waals surface area contributed by atoms with Crippen molar-refractivity contribution in [3.63, 3.8) is 0 Å². The van der Waals surface area contributed by atoms with E-state index >= 15 is 0 Å². The van der Waals surface area contributed by atoms with Crippen molar-refractivity contribution in [2.75, 3.05) is 26.8 Å². The standard InChI is InChI=1S/C27H31FN2O5/c1-3-4-9-25(31)29(14-15-34-2)18-26(32)30(16-20-10-12-22(28)13-11-20)17-21-19-35-24-8-6-5-7-23(24)27(21)33/h5-8,10-13,19H,3-4,9,14-18H2,1-2H3. The lowest BCUT2D eigenvalue weighted by atomic mass is 10.1. The van der Waals surface area contributed by atoms with Crippen molar-refractivity contribution in [3.05, 3.63) is 82.0 Å². The topological polar surface area (TPSA) is 80.1 Å². The molecule has 0 saturated carbocycles. The monoisotopic (exact) mass is 482 g/mol. The largest absolute Gasteiger partial charge is 0.464 e. The summed E-state index contributed by atoms with van der Waals surface area (Å²) < 4.78 is 24.2. The molecule has 8 heteroatoms. The summed E-state index contributed by atoms with van der Waals surface area (Å²) in [5.41, 5.74) is 1.26. The molecule has 2 amide bonds. The molecule has 0 aliphatic carbocycles. The lowest BCUT2D eigenvalue weighted by Gasteiger charge is -2.28. The van der Waals surface area contributed by atoms with Crippen LogP contribution in [-0.4, -0.2) is 48.4 Å². The van der Waals surface area contributed by atoms with Crippen molar-refractivity contribution < 1.29 is 23.1 Å². The normalized spacial score (nSPS) is 10.9. The molecule has 0 aliphatic heterocycles. The first-order valence-electron chi connectivity index (χ1n) is 11.7. The van der Waals surface area contributed by atoms with Crippen LogP contribution >= 0.6 is 0 Å². The molecule has 0 spiro atoms. The number of hydrogen-bond donors (Lipinski definition) is 0. The minimum Gasteiger partial charge on any atom is -0.464 e. The van der Waals surface area contributed by atoms with Crippen LogP contribution in [0.3, 0.4) is 0 Å². The van der Waals surface area contributed by atoms with Gasteiger partial charge in [-0.3, -0.25) is 14.4 Å². The Bertz CT molecular complexity index is 1190. The zero-order valence-electron chi connectivity index (χ0n) is 20.2. The molecule has 3 rings (SSSR count). The maximum Gasteiger partial charge on any atom is 0.242 e. The van der Waals surface area contributed by atoms with Gasteiger partial charge < -0.3 is 19.0 Å². The average Bonchev–Trinajstić information content (AvgIpc) is 2.87. The maximum absolute atomic E-state index is 13.4. The highest BCUT2D eigenvalue weighted by Gasteiger charge is 2.23. The summed E-state index contributed by atoms with van der Waals surface area (Å²) in [5.74, 6) is -0.832. The number of nitrogens with zero attached hydrogens (tertiary/aromatic N) is 2. The third kappa shape index (κ3) is 7.23. The Hall–Kier alpha value is -3.52. The molecule has 1 aromatic heterocycles. The van der Waals surface area contributed by atoms with Crippen molar-refractivity contribution >= 4 is 22.8 Å². The number of fused-ring (bicyclic) bond motifs is 1. The molecule has 7 nitrogen and oxygen atoms in total. The summed E-state index contributed by atoms with van der Waals surface area (Å²) in [5, 5.41) is 0.427. The third-order valence-electron chi connectivity index (χ3n) is 5.74. The van der Waals surface area contributed by atoms with Crippen LogP contribution < -0.4 is 5.43 Å². The molecule has 3 aromatic rings. The zero-order valence-corrected chi connectivity index (χ0v) is 20.2. The molecule has 35 heavy (non-hydrogen) atoms. The summed E-state index contributed by atoms with van der Waals surface area (Å²) in [7, 11) is 1.54. The van der Waals surface area contributed by atoms with E-state index in [4.69, 9.17) is 9.15 Å². The fourth-order valence-electron chi connectivity index (χ4n) is 3.72. The van der Waals surface area contributed by atoms with Crippen LogP contribution in [0.5, 0.6) is 0 Å². The number of unbranched alkanes of at least 4 members (excludes halogenated alkanes) is 1. The summed E-state index contributed by atoms with van der Waals surface area (Å²) in [6.45, 7) is 2.57. The van der Waals surface area contributed by atoms with E-state index in [1.54, 1.807) is 36.4 Å². The number of para-hydroxylation sites is 1. The Morgan fingerprint density at radius 2 is 1.74 bits per heavy atom. The Kier molecular flexibility index (Phi) is 9.55. The Morgan fingerprint density at radius 1 is 1.00 bits per heavy atom. The van der Waals surface area contributed by atoms with Crippen molar-refractivity contribution in [2.24, 2.45) is 0 Å². The minimum absolute atomic E-state index is 0.00928. The van der Waals surface area contributed by atoms with Crippen molar-refractivity contribution in [3.8, 4) is 0 Å². The van der Waals surface area contributed by atoms with Gasteiger partial charge in [0, 0.05) is 26.6 Å². The Labute approximate surface area is 204 Å². The van der Waals surface area contributed by atoms with E-state index in [9.17, 15) is 18.8 Å². The van der Waals surface area contributed by atoms with Crippen LogP contribution in [0.4, 0.5) is 4.39 Å². The van der Waals surface area contributed by atoms with Gasteiger partial charge in [0.15, 0.2) is 5.43 Å². The molecule has 0 radical (unpaired) electrons. The van der Waals surface area contributed by atoms with Gasteiger partial charge in [0.25, 0.3) is 0 Å². The summed E-state index contributed by atoms with van der Waals surface area (Å²) in [4.78, 5) is 42.2. The van der Waals surface area contributed by atoms with Crippen LogP contribution in [0.2, 0.25) is 0 Å². The van der Waals surface area contributed by atoms with Gasteiger partial charge in [0.2, 0.25) is 11.8 Å². The highest BCUT2D eigenvalue weighted by atomic mass is 19.1. The van der Waals surface area contributed by atoms with Gasteiger partial charge in [-0.05, 0) is 36.2 Å². The second kappa shape index (κ2) is 12.8. The molecule has 0 bridgehead atoms. The molecule has 0 saturated heterocycles. The number of carbonyl (C=O) groups excluding carboxylic acids is 2. The first kappa shape index (κ1) is 26.1. The van der Waals surface area contributed by atoms with E-state index in [0.717, 1.165) is 12.8 Å². The molecule has 0 fully saturated rings. The van der Waals surface area contributed by atoms with Crippen molar-refractivity contribution in [2.45, 2.75) is 39.3 Å². The van der Waals surface area contributed by atoms with Gasteiger partial charge in [-0.15, -0.1) is 0 Å². The van der Waals surface area contributed by atoms with Crippen molar-refractivity contribution in [1.29, 1.82) is 0 Å². The number of carbonyl (C=O) groups is 2. The number of ether oxygens (including phenoxy) is 1. The molecule has 0 aliphatic rings. The summed E-state index contributed by atoms with van der Waals surface area (Å²) >= 11 is 0. The molecule has 0 atom stereocenters. The van der Waals surface area contributed by atoms with Gasteiger partial charge in [0.05, 0.1) is 36.9 Å². The smallest absolute Gasteiger partial charge is 0.242 e. The molecule has 0 unspecified atom stereocenters. The number of amides is 2. The highest BCUT2D eigenvalue weighted by molar-refractivity contribution is 5.85. The van der Waals surface area contributed by atoms with E-state index in [-0.39, 0.29) is 49.2 Å². The van der Waals surface area contributed by atoms with Crippen LogP contribution in [-0.2, 0) is 27.4 Å². The fourth-order valence-corrected chi connectivity index (χ4v) is 3.72. The lowest BCUT2D eigenvalue weighted by Crippen LogP contribution is -2.44. The number of halogens is 1. The third-order valence-corrected chi connectivity index (χ3v) is 5.74. The highest BCUT2D eigenvalue weighted by Crippen LogP contribution is 2.15. The van der Waals surface area contributed by atoms with Gasteiger partial charge in [-0.1, -0.05) is 37.6 Å². The van der Waals surface area contributed by atoms with E-state index in [1.807, 2.05) is 6.92 Å². The second-order valence-electron chi connectivity index (χ2n) is 8.37. The second-order valence-corrected chi connectivity index (χ2v) is 8.37. The fraction of sp³-hybridized carbons (Fsp3) is 0.370. The molecular formula is C27H31FN2O5. The lowest BCUT2D eigenvalue weighted by molar-refractivity contribution is -0.141. The van der Waals surface area contributed by atoms with Crippen LogP contribution in [0.1, 0.15) is 37.3 Å². The molecule has 2 aromatic carbocycles. The molecule has 186 valence electrons. The average molecular weight is 483 g/mol. The predicted molar refractivity (Wildman–Crippen MR) is 131 cm³/mol. The minimum atomic E-state index is -0.380. The van der Waals surface area contributed by atoms with Crippen LogP contribution in [0.15, 0.2) is 64.0 Å². The number of rotatable bonds is 12.